The third kappa shape index (κ3) is 5.17. The first-order valence-corrected chi connectivity index (χ1v) is 13.1. The molecule has 2 saturated carbocycles. The highest BCUT2D eigenvalue weighted by atomic mass is 35.5. The number of amides is 1. The van der Waals surface area contributed by atoms with Crippen molar-refractivity contribution < 1.29 is 9.90 Å². The van der Waals surface area contributed by atoms with Crippen molar-refractivity contribution >= 4 is 34.7 Å². The number of rotatable bonds is 9. The minimum atomic E-state index is -0.149. The average molecular weight is 517 g/mol. The number of aryl methyl sites for hydroxylation is 1. The molecular formula is C28H29ClN6O2. The van der Waals surface area contributed by atoms with Crippen LogP contribution in [0.2, 0.25) is 5.02 Å². The molecule has 0 unspecified atom stereocenters. The van der Waals surface area contributed by atoms with Crippen molar-refractivity contribution in [2.45, 2.75) is 44.6 Å². The lowest BCUT2D eigenvalue weighted by atomic mass is 10.2. The predicted octanol–water partition coefficient (Wildman–Crippen LogP) is 4.70. The van der Waals surface area contributed by atoms with Crippen molar-refractivity contribution in [3.63, 3.8) is 0 Å². The number of aliphatic hydroxyl groups is 1. The van der Waals surface area contributed by atoms with Gasteiger partial charge in [0.05, 0.1) is 18.8 Å². The van der Waals surface area contributed by atoms with Crippen LogP contribution in [0.4, 0.5) is 11.5 Å². The minimum Gasteiger partial charge on any atom is -0.395 e. The van der Waals surface area contributed by atoms with E-state index < -0.39 is 0 Å². The SMILES string of the molecule is Cc1cnc([C@H]2C[C@@H]2C(=O)Nc2cc(N(CCO)Cc3cn4cc(C5CC5)ccc4n3)ccn2)cc1Cl. The lowest BCUT2D eigenvalue weighted by Crippen LogP contribution is -2.26. The first-order valence-electron chi connectivity index (χ1n) is 12.7. The number of nitrogens with zero attached hydrogens (tertiary/aromatic N) is 5. The normalized spacial score (nSPS) is 18.7. The third-order valence-electron chi connectivity index (χ3n) is 7.22. The van der Waals surface area contributed by atoms with Crippen molar-refractivity contribution in [3.8, 4) is 0 Å². The summed E-state index contributed by atoms with van der Waals surface area (Å²) in [4.78, 5) is 28.5. The summed E-state index contributed by atoms with van der Waals surface area (Å²) in [6.45, 7) is 2.88. The van der Waals surface area contributed by atoms with Gasteiger partial charge in [0, 0.05) is 65.6 Å². The number of hydrogen-bond acceptors (Lipinski definition) is 6. The van der Waals surface area contributed by atoms with Crippen LogP contribution >= 0.6 is 11.6 Å². The van der Waals surface area contributed by atoms with E-state index in [1.54, 1.807) is 12.4 Å². The molecule has 0 aromatic carbocycles. The molecule has 2 aliphatic rings. The van der Waals surface area contributed by atoms with Crippen LogP contribution in [0.15, 0.2) is 55.1 Å². The molecule has 2 N–H and O–H groups in total. The smallest absolute Gasteiger partial charge is 0.229 e. The Morgan fingerprint density at radius 1 is 1.22 bits per heavy atom. The van der Waals surface area contributed by atoms with E-state index in [-0.39, 0.29) is 24.3 Å². The zero-order chi connectivity index (χ0) is 25.5. The Kier molecular flexibility index (Phi) is 6.30. The molecule has 2 atom stereocenters. The van der Waals surface area contributed by atoms with Gasteiger partial charge in [-0.1, -0.05) is 17.7 Å². The fourth-order valence-corrected chi connectivity index (χ4v) is 5.00. The van der Waals surface area contributed by atoms with Gasteiger partial charge in [0.1, 0.15) is 11.5 Å². The fraction of sp³-hybridized carbons (Fsp3) is 0.357. The largest absolute Gasteiger partial charge is 0.395 e. The first-order chi connectivity index (χ1) is 18.0. The van der Waals surface area contributed by atoms with Gasteiger partial charge in [0.15, 0.2) is 0 Å². The average Bonchev–Trinajstić information content (AvgIpc) is 3.82. The van der Waals surface area contributed by atoms with Gasteiger partial charge in [-0.2, -0.15) is 0 Å². The van der Waals surface area contributed by atoms with Crippen LogP contribution in [-0.2, 0) is 11.3 Å². The maximum absolute atomic E-state index is 12.9. The van der Waals surface area contributed by atoms with Crippen LogP contribution in [0.25, 0.3) is 5.65 Å². The number of hydrogen-bond donors (Lipinski definition) is 2. The van der Waals surface area contributed by atoms with E-state index in [4.69, 9.17) is 16.6 Å². The molecule has 4 aromatic rings. The summed E-state index contributed by atoms with van der Waals surface area (Å²) < 4.78 is 2.08. The third-order valence-corrected chi connectivity index (χ3v) is 7.63. The second-order valence-corrected chi connectivity index (χ2v) is 10.5. The van der Waals surface area contributed by atoms with Crippen molar-refractivity contribution in [3.05, 3.63) is 82.7 Å². The summed E-state index contributed by atoms with van der Waals surface area (Å²) in [6.07, 6.45) is 10.9. The van der Waals surface area contributed by atoms with E-state index in [2.05, 4.69) is 38.0 Å². The Labute approximate surface area is 220 Å². The number of carbonyl (C=O) groups is 1. The molecule has 190 valence electrons. The Hall–Kier alpha value is -3.49. The quantitative estimate of drug-likeness (QED) is 0.334. The van der Waals surface area contributed by atoms with Crippen molar-refractivity contribution in [1.29, 1.82) is 0 Å². The Bertz CT molecular complexity index is 1470. The molecule has 6 rings (SSSR count). The summed E-state index contributed by atoms with van der Waals surface area (Å²) in [5.74, 6) is 1.01. The van der Waals surface area contributed by atoms with Crippen molar-refractivity contribution in [1.82, 2.24) is 19.4 Å². The standard InChI is InChI=1S/C28H29ClN6O2/c1-17-13-31-25(12-24(17)29)22-11-23(22)28(37)33-26-10-21(6-7-30-26)34(8-9-36)15-20-16-35-14-19(18-2-3-18)4-5-27(35)32-20/h4-7,10,12-14,16,18,22-23,36H,2-3,8-9,11,15H2,1H3,(H,30,33,37)/t22-,23-/m0/s1. The van der Waals surface area contributed by atoms with Gasteiger partial charge < -0.3 is 19.7 Å². The maximum Gasteiger partial charge on any atom is 0.229 e. The molecule has 0 saturated heterocycles. The highest BCUT2D eigenvalue weighted by Gasteiger charge is 2.45. The molecule has 37 heavy (non-hydrogen) atoms. The number of aliphatic hydroxyl groups excluding tert-OH is 1. The zero-order valence-electron chi connectivity index (χ0n) is 20.6. The second kappa shape index (κ2) is 9.76. The highest BCUT2D eigenvalue weighted by molar-refractivity contribution is 6.31. The predicted molar refractivity (Wildman–Crippen MR) is 143 cm³/mol. The molecule has 4 aromatic heterocycles. The zero-order valence-corrected chi connectivity index (χ0v) is 21.4. The fourth-order valence-electron chi connectivity index (χ4n) is 4.84. The Morgan fingerprint density at radius 3 is 2.86 bits per heavy atom. The number of anilines is 2. The van der Waals surface area contributed by atoms with E-state index in [9.17, 15) is 9.90 Å². The van der Waals surface area contributed by atoms with Crippen LogP contribution in [-0.4, -0.2) is 43.5 Å². The number of aromatic nitrogens is 4. The summed E-state index contributed by atoms with van der Waals surface area (Å²) in [7, 11) is 0. The molecule has 0 aliphatic heterocycles. The molecule has 0 radical (unpaired) electrons. The summed E-state index contributed by atoms with van der Waals surface area (Å²) in [5.41, 5.74) is 5.81. The molecule has 4 heterocycles. The maximum atomic E-state index is 12.9. The Balaban J connectivity index is 1.14. The van der Waals surface area contributed by atoms with Gasteiger partial charge in [-0.05, 0) is 61.4 Å². The number of pyridine rings is 3. The Morgan fingerprint density at radius 2 is 2.08 bits per heavy atom. The number of carbonyl (C=O) groups excluding carboxylic acids is 1. The van der Waals surface area contributed by atoms with Gasteiger partial charge in [-0.3, -0.25) is 9.78 Å². The van der Waals surface area contributed by atoms with Crippen molar-refractivity contribution in [2.75, 3.05) is 23.4 Å². The van der Waals surface area contributed by atoms with Gasteiger partial charge in [-0.25, -0.2) is 9.97 Å². The minimum absolute atomic E-state index is 0.000914. The molecule has 2 fully saturated rings. The molecule has 2 aliphatic carbocycles. The highest BCUT2D eigenvalue weighted by Crippen LogP contribution is 2.47. The molecular weight excluding hydrogens is 488 g/mol. The summed E-state index contributed by atoms with van der Waals surface area (Å²) in [5, 5.41) is 13.3. The lowest BCUT2D eigenvalue weighted by molar-refractivity contribution is -0.117. The lowest BCUT2D eigenvalue weighted by Gasteiger charge is -2.23. The van der Waals surface area contributed by atoms with Crippen LogP contribution in [0.1, 0.15) is 53.6 Å². The molecule has 8 nitrogen and oxygen atoms in total. The van der Waals surface area contributed by atoms with E-state index in [0.717, 1.165) is 34.7 Å². The van der Waals surface area contributed by atoms with Crippen LogP contribution in [0, 0.1) is 12.8 Å². The molecule has 1 amide bonds. The van der Waals surface area contributed by atoms with Crippen LogP contribution in [0.5, 0.6) is 0 Å². The van der Waals surface area contributed by atoms with E-state index in [1.165, 1.54) is 18.4 Å². The van der Waals surface area contributed by atoms with E-state index in [1.807, 2.05) is 36.2 Å². The number of fused-ring (bicyclic) bond motifs is 1. The first kappa shape index (κ1) is 23.9. The van der Waals surface area contributed by atoms with Gasteiger partial charge in [0.2, 0.25) is 5.91 Å². The van der Waals surface area contributed by atoms with Gasteiger partial charge >= 0.3 is 0 Å². The van der Waals surface area contributed by atoms with E-state index >= 15 is 0 Å². The van der Waals surface area contributed by atoms with Gasteiger partial charge in [0.25, 0.3) is 0 Å². The molecule has 0 spiro atoms. The number of nitrogens with one attached hydrogen (secondary N) is 1. The van der Waals surface area contributed by atoms with Crippen LogP contribution in [0.3, 0.4) is 0 Å². The molecule has 9 heteroatoms. The van der Waals surface area contributed by atoms with Crippen LogP contribution < -0.4 is 10.2 Å². The monoisotopic (exact) mass is 516 g/mol. The van der Waals surface area contributed by atoms with Gasteiger partial charge in [-0.15, -0.1) is 0 Å². The van der Waals surface area contributed by atoms with E-state index in [0.29, 0.717) is 29.8 Å². The van der Waals surface area contributed by atoms with Crippen molar-refractivity contribution in [2.24, 2.45) is 5.92 Å². The number of halogens is 1. The molecule has 0 bridgehead atoms. The summed E-state index contributed by atoms with van der Waals surface area (Å²) >= 11 is 6.24. The topological polar surface area (TPSA) is 95.7 Å². The second-order valence-electron chi connectivity index (χ2n) is 10.1. The number of imidazole rings is 1. The summed E-state index contributed by atoms with van der Waals surface area (Å²) in [6, 6.07) is 9.81.